The number of alkyl halides is 1. The van der Waals surface area contributed by atoms with E-state index in [4.69, 9.17) is 0 Å². The Balaban J connectivity index is 2.80. The maximum Gasteiger partial charge on any atom is 0.407 e. The van der Waals surface area contributed by atoms with E-state index in [0.717, 1.165) is 38.5 Å². The van der Waals surface area contributed by atoms with E-state index in [1.165, 1.54) is 37.0 Å². The lowest BCUT2D eigenvalue weighted by atomic mass is 9.96. The molecule has 1 rings (SSSR count). The van der Waals surface area contributed by atoms with Crippen LogP contribution in [0.15, 0.2) is 0 Å². The van der Waals surface area contributed by atoms with Crippen LogP contribution in [0.3, 0.4) is 0 Å². The Kier molecular flexibility index (Phi) is 9.63. The molecule has 1 unspecified atom stereocenters. The average molecular weight is 407 g/mol. The second kappa shape index (κ2) is 10.9. The largest absolute Gasteiger partial charge is 0.465 e. The Labute approximate surface area is 153 Å². The number of carbonyl (C=O) groups is 1. The fourth-order valence-corrected chi connectivity index (χ4v) is 3.64. The number of halogens is 1. The molecule has 1 fully saturated rings. The van der Waals surface area contributed by atoms with Gasteiger partial charge in [0, 0.05) is 33.3 Å². The molecule has 0 heterocycles. The van der Waals surface area contributed by atoms with Gasteiger partial charge >= 0.3 is 6.09 Å². The van der Waals surface area contributed by atoms with Crippen LogP contribution in [0.1, 0.15) is 84.0 Å². The number of amides is 1. The molecule has 1 atom stereocenters. The summed E-state index contributed by atoms with van der Waals surface area (Å²) in [4.78, 5) is 24.0. The highest BCUT2D eigenvalue weighted by Crippen LogP contribution is 2.28. The van der Waals surface area contributed by atoms with E-state index in [0.29, 0.717) is 0 Å². The summed E-state index contributed by atoms with van der Waals surface area (Å²) >= 11 is 3.17. The monoisotopic (exact) mass is 406 g/mol. The van der Waals surface area contributed by atoms with Crippen LogP contribution < -0.4 is 0 Å². The second-order valence-electron chi connectivity index (χ2n) is 6.85. The molecule has 1 aliphatic carbocycles. The molecule has 0 spiro atoms. The summed E-state index contributed by atoms with van der Waals surface area (Å²) in [6, 6.07) is -0.120. The minimum atomic E-state index is -1.39. The van der Waals surface area contributed by atoms with Gasteiger partial charge in [-0.1, -0.05) is 64.7 Å². The molecule has 140 valence electrons. The SMILES string of the molecule is CCC(Br)(CN(C(=O)O)C1CCCCCCCCCCC1)[N+](=O)[O-]. The van der Waals surface area contributed by atoms with Crippen LogP contribution in [0.5, 0.6) is 0 Å². The maximum absolute atomic E-state index is 11.8. The summed E-state index contributed by atoms with van der Waals surface area (Å²) < 4.78 is -1.39. The van der Waals surface area contributed by atoms with Gasteiger partial charge in [-0.3, -0.25) is 15.0 Å². The first-order valence-electron chi connectivity index (χ1n) is 9.23. The van der Waals surface area contributed by atoms with Crippen LogP contribution in [0.4, 0.5) is 4.79 Å². The van der Waals surface area contributed by atoms with Crippen LogP contribution in [-0.4, -0.2) is 38.1 Å². The standard InChI is InChI=1S/C17H31BrN2O4/c1-2-17(18,20(23)24)14-19(16(21)22)15-12-10-8-6-4-3-5-7-9-11-13-15/h15H,2-14H2,1H3,(H,21,22). The number of hydrogen-bond donors (Lipinski definition) is 1. The van der Waals surface area contributed by atoms with Gasteiger partial charge in [-0.15, -0.1) is 0 Å². The van der Waals surface area contributed by atoms with Gasteiger partial charge in [0.2, 0.25) is 0 Å². The van der Waals surface area contributed by atoms with Crippen LogP contribution in [-0.2, 0) is 0 Å². The number of nitrogens with zero attached hydrogens (tertiary/aromatic N) is 2. The van der Waals surface area contributed by atoms with Crippen molar-refractivity contribution in [2.24, 2.45) is 0 Å². The Bertz CT molecular complexity index is 396. The molecule has 0 radical (unpaired) electrons. The van der Waals surface area contributed by atoms with E-state index in [9.17, 15) is 20.0 Å². The molecule has 0 saturated heterocycles. The third kappa shape index (κ3) is 6.95. The Hall–Kier alpha value is -0.850. The topological polar surface area (TPSA) is 83.7 Å². The minimum absolute atomic E-state index is 0.101. The molecule has 0 aromatic rings. The summed E-state index contributed by atoms with van der Waals surface area (Å²) in [5.41, 5.74) is 0. The van der Waals surface area contributed by atoms with Gasteiger partial charge in [0.25, 0.3) is 4.45 Å². The molecule has 1 amide bonds. The number of nitro groups is 1. The molecule has 0 aliphatic heterocycles. The second-order valence-corrected chi connectivity index (χ2v) is 8.33. The lowest BCUT2D eigenvalue weighted by Crippen LogP contribution is -2.50. The van der Waals surface area contributed by atoms with Crippen molar-refractivity contribution in [2.75, 3.05) is 6.54 Å². The molecule has 6 nitrogen and oxygen atoms in total. The van der Waals surface area contributed by atoms with Gasteiger partial charge in [-0.25, -0.2) is 4.79 Å². The van der Waals surface area contributed by atoms with Crippen molar-refractivity contribution in [1.82, 2.24) is 4.90 Å². The zero-order chi connectivity index (χ0) is 18.0. The summed E-state index contributed by atoms with van der Waals surface area (Å²) in [6.45, 7) is 1.61. The van der Waals surface area contributed by atoms with Gasteiger partial charge in [0.15, 0.2) is 0 Å². The fourth-order valence-electron chi connectivity index (χ4n) is 3.37. The molecule has 1 N–H and O–H groups in total. The number of carboxylic acid groups (broad SMARTS) is 1. The highest BCUT2D eigenvalue weighted by Gasteiger charge is 2.42. The van der Waals surface area contributed by atoms with E-state index in [2.05, 4.69) is 15.9 Å². The highest BCUT2D eigenvalue weighted by atomic mass is 79.9. The lowest BCUT2D eigenvalue weighted by Gasteiger charge is -2.33. The molecule has 0 aromatic heterocycles. The first-order valence-corrected chi connectivity index (χ1v) is 10.0. The molecule has 0 aromatic carbocycles. The molecule has 24 heavy (non-hydrogen) atoms. The van der Waals surface area contributed by atoms with Gasteiger partial charge in [-0.2, -0.15) is 0 Å². The Morgan fingerprint density at radius 1 is 1.12 bits per heavy atom. The first-order chi connectivity index (χ1) is 11.4. The van der Waals surface area contributed by atoms with E-state index < -0.39 is 15.5 Å². The molecule has 1 saturated carbocycles. The van der Waals surface area contributed by atoms with Gasteiger partial charge in [0.05, 0.1) is 0 Å². The zero-order valence-corrected chi connectivity index (χ0v) is 16.3. The first kappa shape index (κ1) is 21.2. The van der Waals surface area contributed by atoms with Crippen molar-refractivity contribution in [3.8, 4) is 0 Å². The summed E-state index contributed by atoms with van der Waals surface area (Å²) in [6.07, 6.45) is 11.2. The number of hydrogen-bond acceptors (Lipinski definition) is 3. The normalized spacial score (nSPS) is 21.1. The van der Waals surface area contributed by atoms with E-state index in [-0.39, 0.29) is 19.0 Å². The highest BCUT2D eigenvalue weighted by molar-refractivity contribution is 9.10. The van der Waals surface area contributed by atoms with Crippen LogP contribution >= 0.6 is 15.9 Å². The Morgan fingerprint density at radius 2 is 1.54 bits per heavy atom. The summed E-state index contributed by atoms with van der Waals surface area (Å²) in [7, 11) is 0. The van der Waals surface area contributed by atoms with Crippen molar-refractivity contribution in [1.29, 1.82) is 0 Å². The molecule has 0 bridgehead atoms. The number of rotatable bonds is 5. The molecular formula is C17H31BrN2O4. The molecule has 7 heteroatoms. The van der Waals surface area contributed by atoms with Gasteiger partial charge in [0.1, 0.15) is 6.54 Å². The van der Waals surface area contributed by atoms with Gasteiger partial charge in [-0.05, 0) is 12.8 Å². The van der Waals surface area contributed by atoms with E-state index in [1.807, 2.05) is 0 Å². The van der Waals surface area contributed by atoms with Crippen LogP contribution in [0.2, 0.25) is 0 Å². The van der Waals surface area contributed by atoms with Crippen molar-refractivity contribution in [2.45, 2.75) is 94.5 Å². The van der Waals surface area contributed by atoms with Crippen LogP contribution in [0, 0.1) is 10.1 Å². The Morgan fingerprint density at radius 3 is 1.88 bits per heavy atom. The van der Waals surface area contributed by atoms with Crippen molar-refractivity contribution in [3.63, 3.8) is 0 Å². The third-order valence-electron chi connectivity index (χ3n) is 5.04. The quantitative estimate of drug-likeness (QED) is 0.286. The molecular weight excluding hydrogens is 376 g/mol. The van der Waals surface area contributed by atoms with Crippen molar-refractivity contribution < 1.29 is 14.8 Å². The zero-order valence-electron chi connectivity index (χ0n) is 14.7. The summed E-state index contributed by atoms with van der Waals surface area (Å²) in [5.74, 6) is 0. The fraction of sp³-hybridized carbons (Fsp3) is 0.941. The van der Waals surface area contributed by atoms with Gasteiger partial charge < -0.3 is 5.11 Å². The van der Waals surface area contributed by atoms with Crippen molar-refractivity contribution >= 4 is 22.0 Å². The third-order valence-corrected chi connectivity index (χ3v) is 6.14. The van der Waals surface area contributed by atoms with E-state index >= 15 is 0 Å². The lowest BCUT2D eigenvalue weighted by molar-refractivity contribution is -0.536. The predicted octanol–water partition coefficient (Wildman–Crippen LogP) is 5.42. The average Bonchev–Trinajstić information content (AvgIpc) is 2.53. The van der Waals surface area contributed by atoms with E-state index in [1.54, 1.807) is 6.92 Å². The minimum Gasteiger partial charge on any atom is -0.465 e. The summed E-state index contributed by atoms with van der Waals surface area (Å²) in [5, 5.41) is 21.0. The molecule has 1 aliphatic rings. The predicted molar refractivity (Wildman–Crippen MR) is 98.2 cm³/mol. The smallest absolute Gasteiger partial charge is 0.407 e. The van der Waals surface area contributed by atoms with Crippen LogP contribution in [0.25, 0.3) is 0 Å². The van der Waals surface area contributed by atoms with Crippen molar-refractivity contribution in [3.05, 3.63) is 10.1 Å². The maximum atomic E-state index is 11.8.